The fourth-order valence-electron chi connectivity index (χ4n) is 2.08. The maximum Gasteiger partial charge on any atom is 0.270 e. The van der Waals surface area contributed by atoms with E-state index in [9.17, 15) is 18.5 Å². The van der Waals surface area contributed by atoms with Gasteiger partial charge >= 0.3 is 0 Å². The normalized spacial score (nSPS) is 19.2. The molecule has 0 radical (unpaired) electrons. The number of anilines is 1. The summed E-state index contributed by atoms with van der Waals surface area (Å²) in [5.41, 5.74) is 2.08. The highest BCUT2D eigenvalue weighted by Crippen LogP contribution is 2.27. The molecular weight excluding hydrogens is 316 g/mol. The van der Waals surface area contributed by atoms with E-state index in [4.69, 9.17) is 5.84 Å². The number of hydrogen-bond acceptors (Lipinski definition) is 7. The maximum absolute atomic E-state index is 12.4. The van der Waals surface area contributed by atoms with E-state index in [0.717, 1.165) is 24.7 Å². The van der Waals surface area contributed by atoms with Crippen LogP contribution in [-0.2, 0) is 10.0 Å². The second-order valence-electron chi connectivity index (χ2n) is 4.62. The highest BCUT2D eigenvalue weighted by molar-refractivity contribution is 7.99. The molecule has 1 aromatic rings. The summed E-state index contributed by atoms with van der Waals surface area (Å²) in [6.07, 6.45) is 1.70. The summed E-state index contributed by atoms with van der Waals surface area (Å²) in [5, 5.41) is 10.8. The minimum absolute atomic E-state index is 0.122. The monoisotopic (exact) mass is 332 g/mol. The predicted octanol–water partition coefficient (Wildman–Crippen LogP) is 1.05. The fraction of sp³-hybridized carbons (Fsp3) is 0.455. The Morgan fingerprint density at radius 2 is 2.19 bits per heavy atom. The first-order chi connectivity index (χ1) is 9.94. The van der Waals surface area contributed by atoms with Crippen molar-refractivity contribution in [2.75, 3.05) is 16.9 Å². The molecule has 116 valence electrons. The Balaban J connectivity index is 2.32. The standard InChI is InChI=1S/C11H16N4O4S2/c12-13-10-4-3-9(15(16)17)6-11(10)21(18,19)14-8-2-1-5-20-7-8/h3-4,6,8,13-14H,1-2,5,7,12H2. The van der Waals surface area contributed by atoms with Gasteiger partial charge in [-0.25, -0.2) is 13.1 Å². The number of nitro groups is 1. The molecule has 1 unspecified atom stereocenters. The van der Waals surface area contributed by atoms with Crippen molar-refractivity contribution < 1.29 is 13.3 Å². The van der Waals surface area contributed by atoms with Crippen molar-refractivity contribution >= 4 is 33.2 Å². The Morgan fingerprint density at radius 3 is 2.76 bits per heavy atom. The van der Waals surface area contributed by atoms with Gasteiger partial charge in [0, 0.05) is 23.9 Å². The Kier molecular flexibility index (Phi) is 5.04. The molecule has 1 heterocycles. The van der Waals surface area contributed by atoms with Crippen LogP contribution in [0.3, 0.4) is 0 Å². The predicted molar refractivity (Wildman–Crippen MR) is 81.6 cm³/mol. The maximum atomic E-state index is 12.4. The number of sulfonamides is 1. The summed E-state index contributed by atoms with van der Waals surface area (Å²) >= 11 is 1.68. The van der Waals surface area contributed by atoms with Crippen molar-refractivity contribution in [3.8, 4) is 0 Å². The molecule has 21 heavy (non-hydrogen) atoms. The first kappa shape index (κ1) is 16.0. The molecule has 0 aromatic heterocycles. The smallest absolute Gasteiger partial charge is 0.270 e. The van der Waals surface area contributed by atoms with Crippen molar-refractivity contribution in [3.63, 3.8) is 0 Å². The number of nitrogens with two attached hydrogens (primary N) is 1. The number of rotatable bonds is 5. The van der Waals surface area contributed by atoms with Gasteiger partial charge in [-0.1, -0.05) is 0 Å². The summed E-state index contributed by atoms with van der Waals surface area (Å²) in [4.78, 5) is 9.95. The van der Waals surface area contributed by atoms with E-state index >= 15 is 0 Å². The van der Waals surface area contributed by atoms with Crippen LogP contribution in [0, 0.1) is 10.1 Å². The number of hydrogen-bond donors (Lipinski definition) is 3. The molecule has 10 heteroatoms. The van der Waals surface area contributed by atoms with Gasteiger partial charge in [0.1, 0.15) is 4.90 Å². The van der Waals surface area contributed by atoms with E-state index in [1.54, 1.807) is 11.8 Å². The van der Waals surface area contributed by atoms with Crippen LogP contribution in [0.4, 0.5) is 11.4 Å². The average Bonchev–Trinajstić information content (AvgIpc) is 2.47. The van der Waals surface area contributed by atoms with Crippen LogP contribution in [0.15, 0.2) is 23.1 Å². The molecule has 0 bridgehead atoms. The second kappa shape index (κ2) is 6.60. The second-order valence-corrected chi connectivity index (χ2v) is 7.45. The topological polar surface area (TPSA) is 127 Å². The molecule has 1 aliphatic rings. The van der Waals surface area contributed by atoms with Gasteiger partial charge in [0.05, 0.1) is 10.6 Å². The van der Waals surface area contributed by atoms with Gasteiger partial charge in [-0.15, -0.1) is 0 Å². The molecule has 0 amide bonds. The number of benzene rings is 1. The fourth-order valence-corrected chi connectivity index (χ4v) is 4.72. The molecule has 0 saturated carbocycles. The zero-order chi connectivity index (χ0) is 15.5. The lowest BCUT2D eigenvalue weighted by molar-refractivity contribution is -0.385. The van der Waals surface area contributed by atoms with Gasteiger partial charge < -0.3 is 5.43 Å². The average molecular weight is 332 g/mol. The lowest BCUT2D eigenvalue weighted by Crippen LogP contribution is -2.38. The summed E-state index contributed by atoms with van der Waals surface area (Å²) in [6.45, 7) is 0. The molecule has 1 aliphatic heterocycles. The zero-order valence-corrected chi connectivity index (χ0v) is 12.7. The molecule has 1 saturated heterocycles. The lowest BCUT2D eigenvalue weighted by atomic mass is 10.2. The SMILES string of the molecule is NNc1ccc([N+](=O)[O-])cc1S(=O)(=O)NC1CCCSC1. The number of nitrogens with one attached hydrogen (secondary N) is 2. The van der Waals surface area contributed by atoms with Crippen LogP contribution >= 0.6 is 11.8 Å². The van der Waals surface area contributed by atoms with Crippen LogP contribution in [0.1, 0.15) is 12.8 Å². The number of non-ortho nitro benzene ring substituents is 1. The number of nitrogen functional groups attached to an aromatic ring is 1. The van der Waals surface area contributed by atoms with E-state index in [2.05, 4.69) is 10.1 Å². The van der Waals surface area contributed by atoms with E-state index in [1.807, 2.05) is 0 Å². The highest BCUT2D eigenvalue weighted by atomic mass is 32.2. The highest BCUT2D eigenvalue weighted by Gasteiger charge is 2.26. The van der Waals surface area contributed by atoms with E-state index in [1.165, 1.54) is 12.1 Å². The molecule has 2 rings (SSSR count). The Bertz CT molecular complexity index is 629. The molecule has 1 atom stereocenters. The van der Waals surface area contributed by atoms with Crippen molar-refractivity contribution in [2.45, 2.75) is 23.8 Å². The van der Waals surface area contributed by atoms with Crippen molar-refractivity contribution in [2.24, 2.45) is 5.84 Å². The zero-order valence-electron chi connectivity index (χ0n) is 11.1. The molecule has 0 spiro atoms. The van der Waals surface area contributed by atoms with Gasteiger partial charge in [-0.05, 0) is 24.7 Å². The summed E-state index contributed by atoms with van der Waals surface area (Å²) in [6, 6.07) is 3.32. The molecule has 8 nitrogen and oxygen atoms in total. The Hall–Kier alpha value is -1.36. The first-order valence-corrected chi connectivity index (χ1v) is 8.93. The van der Waals surface area contributed by atoms with Crippen LogP contribution in [-0.4, -0.2) is 30.9 Å². The summed E-state index contributed by atoms with van der Waals surface area (Å²) in [5.74, 6) is 7.00. The Morgan fingerprint density at radius 1 is 1.43 bits per heavy atom. The van der Waals surface area contributed by atoms with Crippen molar-refractivity contribution in [3.05, 3.63) is 28.3 Å². The Labute approximate surface area is 126 Å². The number of hydrazine groups is 1. The third kappa shape index (κ3) is 3.84. The van der Waals surface area contributed by atoms with Gasteiger partial charge in [-0.3, -0.25) is 16.0 Å². The van der Waals surface area contributed by atoms with Crippen LogP contribution < -0.4 is 16.0 Å². The molecule has 0 aliphatic carbocycles. The van der Waals surface area contributed by atoms with Crippen LogP contribution in [0.2, 0.25) is 0 Å². The van der Waals surface area contributed by atoms with Gasteiger partial charge in [-0.2, -0.15) is 11.8 Å². The molecule has 4 N–H and O–H groups in total. The van der Waals surface area contributed by atoms with Gasteiger partial charge in [0.2, 0.25) is 10.0 Å². The summed E-state index contributed by atoms with van der Waals surface area (Å²) in [7, 11) is -3.87. The number of thioether (sulfide) groups is 1. The largest absolute Gasteiger partial charge is 0.323 e. The molecular formula is C11H16N4O4S2. The van der Waals surface area contributed by atoms with E-state index in [0.29, 0.717) is 5.75 Å². The lowest BCUT2D eigenvalue weighted by Gasteiger charge is -2.22. The van der Waals surface area contributed by atoms with E-state index in [-0.39, 0.29) is 22.3 Å². The first-order valence-electron chi connectivity index (χ1n) is 6.29. The number of nitrogens with zero attached hydrogens (tertiary/aromatic N) is 1. The van der Waals surface area contributed by atoms with Crippen LogP contribution in [0.25, 0.3) is 0 Å². The van der Waals surface area contributed by atoms with E-state index < -0.39 is 14.9 Å². The van der Waals surface area contributed by atoms with Crippen molar-refractivity contribution in [1.82, 2.24) is 4.72 Å². The van der Waals surface area contributed by atoms with Gasteiger partial charge in [0.15, 0.2) is 0 Å². The van der Waals surface area contributed by atoms with Crippen LogP contribution in [0.5, 0.6) is 0 Å². The third-order valence-corrected chi connectivity index (χ3v) is 5.88. The van der Waals surface area contributed by atoms with Crippen molar-refractivity contribution in [1.29, 1.82) is 0 Å². The quantitative estimate of drug-likeness (QED) is 0.418. The minimum Gasteiger partial charge on any atom is -0.323 e. The third-order valence-electron chi connectivity index (χ3n) is 3.10. The number of nitro benzene ring substituents is 1. The minimum atomic E-state index is -3.87. The van der Waals surface area contributed by atoms with Gasteiger partial charge in [0.25, 0.3) is 5.69 Å². The summed E-state index contributed by atoms with van der Waals surface area (Å²) < 4.78 is 27.4. The molecule has 1 aromatic carbocycles. The molecule has 1 fully saturated rings.